The minimum absolute atomic E-state index is 0.00148. The summed E-state index contributed by atoms with van der Waals surface area (Å²) >= 11 is 0. The van der Waals surface area contributed by atoms with Gasteiger partial charge in [0, 0.05) is 30.3 Å². The second-order valence-electron chi connectivity index (χ2n) is 10.4. The van der Waals surface area contributed by atoms with Gasteiger partial charge in [0.05, 0.1) is 0 Å². The number of aliphatic carboxylic acids is 1. The maximum Gasteiger partial charge on any atom is 0.407 e. The number of nitrogens with one attached hydrogen (secondary N) is 2. The third-order valence-electron chi connectivity index (χ3n) is 7.13. The molecule has 2 aliphatic rings. The van der Waals surface area contributed by atoms with Crippen LogP contribution in [0.2, 0.25) is 0 Å². The number of carboxylic acids is 1. The van der Waals surface area contributed by atoms with Crippen molar-refractivity contribution < 1.29 is 24.2 Å². The van der Waals surface area contributed by atoms with E-state index in [1.165, 1.54) is 11.1 Å². The first-order valence-electron chi connectivity index (χ1n) is 12.4. The Balaban J connectivity index is 1.23. The zero-order valence-electron chi connectivity index (χ0n) is 20.4. The van der Waals surface area contributed by atoms with Gasteiger partial charge in [-0.25, -0.2) is 4.79 Å². The van der Waals surface area contributed by atoms with Crippen molar-refractivity contribution in [3.05, 3.63) is 59.7 Å². The molecule has 1 saturated carbocycles. The van der Waals surface area contributed by atoms with Crippen LogP contribution in [0.15, 0.2) is 48.5 Å². The van der Waals surface area contributed by atoms with Gasteiger partial charge in [-0.15, -0.1) is 0 Å². The van der Waals surface area contributed by atoms with Gasteiger partial charge >= 0.3 is 12.1 Å². The number of fused-ring (bicyclic) bond motifs is 3. The van der Waals surface area contributed by atoms with E-state index >= 15 is 0 Å². The van der Waals surface area contributed by atoms with E-state index in [2.05, 4.69) is 34.9 Å². The standard InChI is InChI=1S/C28H34N2O5/c1-28(2,14-13-25(31)29-19-12-11-18(15-19)16-26(32)33)30-27(34)35-17-24-22-9-5-3-7-20(22)21-8-4-6-10-23(21)24/h3-10,18-19,24H,11-17H2,1-2H3,(H,29,31)(H,30,34)(H,32,33). The van der Waals surface area contributed by atoms with E-state index in [-0.39, 0.29) is 43.2 Å². The third-order valence-corrected chi connectivity index (χ3v) is 7.13. The van der Waals surface area contributed by atoms with Crippen molar-refractivity contribution in [2.24, 2.45) is 5.92 Å². The molecule has 0 spiro atoms. The molecule has 2 aliphatic carbocycles. The Morgan fingerprint density at radius 1 is 1.00 bits per heavy atom. The van der Waals surface area contributed by atoms with Crippen LogP contribution < -0.4 is 10.6 Å². The summed E-state index contributed by atoms with van der Waals surface area (Å²) in [6.45, 7) is 4.00. The second kappa shape index (κ2) is 10.5. The highest BCUT2D eigenvalue weighted by molar-refractivity contribution is 5.79. The van der Waals surface area contributed by atoms with E-state index in [1.807, 2.05) is 38.1 Å². The summed E-state index contributed by atoms with van der Waals surface area (Å²) in [6, 6.07) is 16.4. The maximum atomic E-state index is 12.6. The van der Waals surface area contributed by atoms with Crippen LogP contribution in [0.25, 0.3) is 11.1 Å². The smallest absolute Gasteiger partial charge is 0.407 e. The van der Waals surface area contributed by atoms with Gasteiger partial charge in [-0.2, -0.15) is 0 Å². The summed E-state index contributed by atoms with van der Waals surface area (Å²) in [5, 5.41) is 14.9. The van der Waals surface area contributed by atoms with E-state index in [9.17, 15) is 14.4 Å². The van der Waals surface area contributed by atoms with Crippen molar-refractivity contribution in [3.8, 4) is 11.1 Å². The molecule has 3 N–H and O–H groups in total. The fraction of sp³-hybridized carbons (Fsp3) is 0.464. The summed E-state index contributed by atoms with van der Waals surface area (Å²) in [4.78, 5) is 35.9. The van der Waals surface area contributed by atoms with Gasteiger partial charge in [-0.3, -0.25) is 9.59 Å². The minimum Gasteiger partial charge on any atom is -0.481 e. The lowest BCUT2D eigenvalue weighted by molar-refractivity contribution is -0.138. The van der Waals surface area contributed by atoms with E-state index in [0.717, 1.165) is 24.0 Å². The molecule has 0 aromatic heterocycles. The van der Waals surface area contributed by atoms with Crippen molar-refractivity contribution in [2.45, 2.75) is 69.9 Å². The molecule has 2 aromatic carbocycles. The predicted octanol–water partition coefficient (Wildman–Crippen LogP) is 4.84. The SMILES string of the molecule is CC(C)(CCC(=O)NC1CCC(CC(=O)O)C1)NC(=O)OCC1c2ccccc2-c2ccccc21. The average molecular weight is 479 g/mol. The van der Waals surface area contributed by atoms with Crippen LogP contribution in [-0.4, -0.2) is 41.3 Å². The van der Waals surface area contributed by atoms with Crippen LogP contribution in [0.5, 0.6) is 0 Å². The van der Waals surface area contributed by atoms with E-state index in [0.29, 0.717) is 12.8 Å². The molecule has 2 amide bonds. The van der Waals surface area contributed by atoms with Crippen LogP contribution in [0, 0.1) is 5.92 Å². The first kappa shape index (κ1) is 24.8. The molecule has 2 aromatic rings. The van der Waals surface area contributed by atoms with Crippen molar-refractivity contribution >= 4 is 18.0 Å². The molecule has 1 fully saturated rings. The molecular formula is C28H34N2O5. The Morgan fingerprint density at radius 3 is 2.26 bits per heavy atom. The molecule has 4 rings (SSSR count). The van der Waals surface area contributed by atoms with Gasteiger partial charge in [-0.05, 0) is 67.7 Å². The Bertz CT molecular complexity index is 1050. The van der Waals surface area contributed by atoms with E-state index in [1.54, 1.807) is 0 Å². The van der Waals surface area contributed by atoms with Crippen LogP contribution in [0.3, 0.4) is 0 Å². The van der Waals surface area contributed by atoms with Gasteiger partial charge in [0.2, 0.25) is 5.91 Å². The summed E-state index contributed by atoms with van der Waals surface area (Å²) in [7, 11) is 0. The highest BCUT2D eigenvalue weighted by Crippen LogP contribution is 2.44. The highest BCUT2D eigenvalue weighted by atomic mass is 16.5. The first-order chi connectivity index (χ1) is 16.7. The van der Waals surface area contributed by atoms with Gasteiger partial charge < -0.3 is 20.5 Å². The topological polar surface area (TPSA) is 105 Å². The normalized spacial score (nSPS) is 19.0. The maximum absolute atomic E-state index is 12.6. The monoisotopic (exact) mass is 478 g/mol. The van der Waals surface area contributed by atoms with Crippen molar-refractivity contribution in [3.63, 3.8) is 0 Å². The van der Waals surface area contributed by atoms with Gasteiger partial charge in [0.25, 0.3) is 0 Å². The fourth-order valence-electron chi connectivity index (χ4n) is 5.34. The van der Waals surface area contributed by atoms with Crippen molar-refractivity contribution in [2.75, 3.05) is 6.61 Å². The number of carbonyl (C=O) groups is 3. The number of benzene rings is 2. The quantitative estimate of drug-likeness (QED) is 0.478. The lowest BCUT2D eigenvalue weighted by atomic mass is 9.98. The molecule has 2 atom stereocenters. The summed E-state index contributed by atoms with van der Waals surface area (Å²) in [5.74, 6) is -0.737. The lowest BCUT2D eigenvalue weighted by Crippen LogP contribution is -2.45. The molecular weight excluding hydrogens is 444 g/mol. The molecule has 0 aliphatic heterocycles. The predicted molar refractivity (Wildman–Crippen MR) is 133 cm³/mol. The van der Waals surface area contributed by atoms with Crippen LogP contribution in [0.1, 0.15) is 69.4 Å². The second-order valence-corrected chi connectivity index (χ2v) is 10.4. The number of ether oxygens (including phenoxy) is 1. The third kappa shape index (κ3) is 6.21. The fourth-order valence-corrected chi connectivity index (χ4v) is 5.34. The van der Waals surface area contributed by atoms with E-state index in [4.69, 9.17) is 9.84 Å². The molecule has 0 heterocycles. The summed E-state index contributed by atoms with van der Waals surface area (Å²) in [6.07, 6.45) is 2.75. The minimum atomic E-state index is -0.789. The van der Waals surface area contributed by atoms with E-state index < -0.39 is 17.6 Å². The molecule has 0 radical (unpaired) electrons. The van der Waals surface area contributed by atoms with Gasteiger partial charge in [0.15, 0.2) is 0 Å². The molecule has 0 bridgehead atoms. The summed E-state index contributed by atoms with van der Waals surface area (Å²) in [5.41, 5.74) is 4.08. The number of hydrogen-bond acceptors (Lipinski definition) is 4. The number of rotatable bonds is 9. The molecule has 186 valence electrons. The first-order valence-corrected chi connectivity index (χ1v) is 12.4. The van der Waals surface area contributed by atoms with Gasteiger partial charge in [0.1, 0.15) is 6.61 Å². The lowest BCUT2D eigenvalue weighted by Gasteiger charge is -2.26. The number of hydrogen-bond donors (Lipinski definition) is 3. The Hall–Kier alpha value is -3.35. The number of carboxylic acid groups (broad SMARTS) is 1. The zero-order valence-corrected chi connectivity index (χ0v) is 20.4. The van der Waals surface area contributed by atoms with Crippen LogP contribution in [0.4, 0.5) is 4.79 Å². The van der Waals surface area contributed by atoms with Crippen molar-refractivity contribution in [1.29, 1.82) is 0 Å². The molecule has 0 saturated heterocycles. The number of alkyl carbamates (subject to hydrolysis) is 1. The zero-order chi connectivity index (χ0) is 25.0. The van der Waals surface area contributed by atoms with Crippen molar-refractivity contribution in [1.82, 2.24) is 10.6 Å². The molecule has 7 heteroatoms. The van der Waals surface area contributed by atoms with Gasteiger partial charge in [-0.1, -0.05) is 48.5 Å². The average Bonchev–Trinajstić information content (AvgIpc) is 3.37. The molecule has 35 heavy (non-hydrogen) atoms. The molecule has 7 nitrogen and oxygen atoms in total. The number of amides is 2. The Morgan fingerprint density at radius 2 is 1.63 bits per heavy atom. The van der Waals surface area contributed by atoms with Crippen LogP contribution >= 0.6 is 0 Å². The summed E-state index contributed by atoms with van der Waals surface area (Å²) < 4.78 is 5.63. The Kier molecular flexibility index (Phi) is 7.43. The Labute approximate surface area is 206 Å². The van der Waals surface area contributed by atoms with Crippen LogP contribution in [-0.2, 0) is 14.3 Å². The largest absolute Gasteiger partial charge is 0.481 e. The number of carbonyl (C=O) groups excluding carboxylic acids is 2. The highest BCUT2D eigenvalue weighted by Gasteiger charge is 2.31. The molecule has 2 unspecified atom stereocenters.